The van der Waals surface area contributed by atoms with Crippen molar-refractivity contribution in [1.29, 1.82) is 0 Å². The third kappa shape index (κ3) is 17.5. The number of esters is 1. The number of thioether (sulfide) groups is 1. The molecule has 2 saturated heterocycles. The monoisotopic (exact) mass is 1440 g/mol. The van der Waals surface area contributed by atoms with E-state index in [1.54, 1.807) is 32.9 Å². The molecule has 1 aromatic heterocycles. The van der Waals surface area contributed by atoms with Crippen molar-refractivity contribution in [2.24, 2.45) is 5.92 Å². The maximum Gasteiger partial charge on any atom is 0.501 e. The van der Waals surface area contributed by atoms with E-state index < -0.39 is 70.1 Å². The van der Waals surface area contributed by atoms with E-state index in [1.807, 2.05) is 88.9 Å². The van der Waals surface area contributed by atoms with Crippen LogP contribution in [-0.4, -0.2) is 136 Å². The van der Waals surface area contributed by atoms with E-state index in [2.05, 4.69) is 37.5 Å². The van der Waals surface area contributed by atoms with Crippen molar-refractivity contribution in [1.82, 2.24) is 9.47 Å². The summed E-state index contributed by atoms with van der Waals surface area (Å²) in [7, 11) is -17.9. The molecule has 1 atom stereocenters. The van der Waals surface area contributed by atoms with E-state index in [4.69, 9.17) is 13.8 Å². The molecule has 5 aromatic carbocycles. The second kappa shape index (κ2) is 30.0. The highest BCUT2D eigenvalue weighted by Gasteiger charge is 2.48. The number of likely N-dealkylation sites (tertiary alicyclic amines) is 1. The van der Waals surface area contributed by atoms with Crippen molar-refractivity contribution >= 4 is 100 Å². The lowest BCUT2D eigenvalue weighted by atomic mass is 9.96. The van der Waals surface area contributed by atoms with Gasteiger partial charge in [0.05, 0.1) is 53.1 Å². The zero-order chi connectivity index (χ0) is 64.5. The largest absolute Gasteiger partial charge is 0.501 e. The summed E-state index contributed by atoms with van der Waals surface area (Å²) in [6, 6.07) is 29.9. The maximum atomic E-state index is 15.9. The third-order valence-electron chi connectivity index (χ3n) is 15.6. The Morgan fingerprint density at radius 3 is 2.01 bits per heavy atom. The van der Waals surface area contributed by atoms with Gasteiger partial charge in [-0.05, 0) is 163 Å². The standard InChI is InChI=1S/C62H76F4IN6O11PS4/c1-7-83-85(75,84-8-2)36-12-35-82-61(74)47-25-28-70(29-26-47)30-27-51(42-86-54-13-10-9-11-14-54)68-56-24-23-55(40-57(56)88(78,79)62(64,65)66)89(80,81)69-50-19-21-52(22-20-50)71-31-33-72(34-32-71)53-38-48(37-49(63)39-53)58-59(46-17-15-45(41-67)16-18-46)73(43(3)4)44(5)60(58)87(6,76)77/h9-11,13-24,37-40,43,47,51,68-69H,7-8,12,25-36,41-42H2,1-6H3/t51-/m1/s1. The number of rotatable bonds is 28. The molecule has 27 heteroatoms. The number of benzene rings is 5. The number of carbonyl (C=O) groups is 1. The van der Waals surface area contributed by atoms with E-state index in [0.717, 1.165) is 32.6 Å². The number of nitrogens with one attached hydrogen (secondary N) is 2. The smallest absolute Gasteiger partial charge is 0.465 e. The normalized spacial score (nSPS) is 15.4. The fourth-order valence-electron chi connectivity index (χ4n) is 11.3. The van der Waals surface area contributed by atoms with Crippen LogP contribution in [0, 0.1) is 18.7 Å². The number of hydrogen-bond acceptors (Lipinski definition) is 16. The summed E-state index contributed by atoms with van der Waals surface area (Å²) < 4.78 is 176. The number of hydrogen-bond donors (Lipinski definition) is 2. The van der Waals surface area contributed by atoms with Crippen molar-refractivity contribution in [2.45, 2.75) is 102 Å². The van der Waals surface area contributed by atoms with E-state index in [1.165, 1.54) is 42.3 Å². The first-order chi connectivity index (χ1) is 42.1. The number of anilines is 4. The van der Waals surface area contributed by atoms with Gasteiger partial charge in [0.15, 0.2) is 9.84 Å². The molecule has 0 saturated carbocycles. The van der Waals surface area contributed by atoms with Gasteiger partial charge in [0.1, 0.15) is 10.7 Å². The number of alkyl halides is 4. The zero-order valence-electron chi connectivity index (χ0n) is 50.5. The highest BCUT2D eigenvalue weighted by molar-refractivity contribution is 14.1. The minimum absolute atomic E-state index is 0.0542. The highest BCUT2D eigenvalue weighted by Crippen LogP contribution is 2.49. The van der Waals surface area contributed by atoms with E-state index in [-0.39, 0.29) is 54.5 Å². The number of nitrogens with zero attached hydrogens (tertiary/aromatic N) is 4. The summed E-state index contributed by atoms with van der Waals surface area (Å²) in [6.07, 6.45) is 2.88. The van der Waals surface area contributed by atoms with Crippen LogP contribution in [0.1, 0.15) is 70.7 Å². The molecule has 3 heterocycles. The molecule has 0 unspecified atom stereocenters. The number of sulfonamides is 1. The number of piperazine rings is 1. The third-order valence-corrected chi connectivity index (χ3v) is 23.9. The molecule has 0 aliphatic carbocycles. The highest BCUT2D eigenvalue weighted by atomic mass is 127. The Bertz CT molecular complexity index is 3800. The van der Waals surface area contributed by atoms with Gasteiger partial charge in [-0.15, -0.1) is 11.8 Å². The minimum atomic E-state index is -6.12. The predicted molar refractivity (Wildman–Crippen MR) is 352 cm³/mol. The van der Waals surface area contributed by atoms with Crippen LogP contribution in [0.15, 0.2) is 135 Å². The molecule has 484 valence electrons. The van der Waals surface area contributed by atoms with Gasteiger partial charge >= 0.3 is 19.1 Å². The Morgan fingerprint density at radius 1 is 0.798 bits per heavy atom. The van der Waals surface area contributed by atoms with Gasteiger partial charge in [0, 0.05) is 94.5 Å². The topological polar surface area (TPSA) is 203 Å². The average molecular weight is 1440 g/mol. The van der Waals surface area contributed by atoms with Crippen molar-refractivity contribution in [3.8, 4) is 22.4 Å². The lowest BCUT2D eigenvalue weighted by molar-refractivity contribution is -0.150. The molecular formula is C62H76F4IN6O11PS4. The zero-order valence-corrected chi connectivity index (χ0v) is 56.8. The molecule has 0 amide bonds. The summed E-state index contributed by atoms with van der Waals surface area (Å²) in [5.74, 6) is -0.982. The molecule has 2 fully saturated rings. The molecule has 89 heavy (non-hydrogen) atoms. The number of ether oxygens (including phenoxy) is 1. The Kier molecular flexibility index (Phi) is 23.5. The number of carbonyl (C=O) groups excluding carboxylic acids is 1. The number of aromatic nitrogens is 1. The van der Waals surface area contributed by atoms with Crippen LogP contribution < -0.4 is 19.8 Å². The first-order valence-corrected chi connectivity index (χ1v) is 38.5. The van der Waals surface area contributed by atoms with Crippen molar-refractivity contribution < 1.29 is 66.0 Å². The lowest BCUT2D eigenvalue weighted by Crippen LogP contribution is -2.46. The first-order valence-electron chi connectivity index (χ1n) is 29.4. The molecule has 8 rings (SSSR count). The Labute approximate surface area is 538 Å². The van der Waals surface area contributed by atoms with Gasteiger partial charge in [-0.3, -0.25) is 14.1 Å². The lowest BCUT2D eigenvalue weighted by Gasteiger charge is -2.37. The summed E-state index contributed by atoms with van der Waals surface area (Å²) >= 11 is 3.69. The molecule has 2 aliphatic rings. The fourth-order valence-corrected chi connectivity index (χ4v) is 17.7. The molecular weight excluding hydrogens is 1370 g/mol. The second-order valence-corrected chi connectivity index (χ2v) is 31.8. The van der Waals surface area contributed by atoms with Gasteiger partial charge in [0.2, 0.25) is 0 Å². The quantitative estimate of drug-likeness (QED) is 0.00892. The van der Waals surface area contributed by atoms with Gasteiger partial charge in [-0.25, -0.2) is 29.6 Å². The van der Waals surface area contributed by atoms with Crippen LogP contribution in [0.3, 0.4) is 0 Å². The second-order valence-electron chi connectivity index (χ2n) is 22.2. The van der Waals surface area contributed by atoms with E-state index in [9.17, 15) is 47.8 Å². The number of piperidine rings is 1. The Balaban J connectivity index is 0.937. The van der Waals surface area contributed by atoms with Crippen LogP contribution in [0.2, 0.25) is 0 Å². The minimum Gasteiger partial charge on any atom is -0.465 e. The van der Waals surface area contributed by atoms with Crippen LogP contribution in [0.5, 0.6) is 0 Å². The molecule has 0 spiro atoms. The van der Waals surface area contributed by atoms with Crippen molar-refractivity contribution in [2.75, 3.05) is 104 Å². The summed E-state index contributed by atoms with van der Waals surface area (Å²) in [6.45, 7) is 12.9. The molecule has 17 nitrogen and oxygen atoms in total. The molecule has 2 N–H and O–H groups in total. The van der Waals surface area contributed by atoms with Crippen molar-refractivity contribution in [3.63, 3.8) is 0 Å². The molecule has 2 aliphatic heterocycles. The van der Waals surface area contributed by atoms with Gasteiger partial charge in [-0.2, -0.15) is 13.2 Å². The predicted octanol–water partition coefficient (Wildman–Crippen LogP) is 13.5. The number of halogens is 5. The first kappa shape index (κ1) is 69.7. The van der Waals surface area contributed by atoms with Crippen LogP contribution in [0.25, 0.3) is 22.4 Å². The average Bonchev–Trinajstić information content (AvgIpc) is 1.64. The summed E-state index contributed by atoms with van der Waals surface area (Å²) in [5, 5.41) is 3.03. The summed E-state index contributed by atoms with van der Waals surface area (Å²) in [4.78, 5) is 18.2. The van der Waals surface area contributed by atoms with Crippen LogP contribution in [0.4, 0.5) is 40.3 Å². The fraction of sp³-hybridized carbons (Fsp3) is 0.435. The van der Waals surface area contributed by atoms with Crippen molar-refractivity contribution in [3.05, 3.63) is 132 Å². The number of sulfone groups is 2. The van der Waals surface area contributed by atoms with E-state index >= 15 is 4.39 Å². The molecule has 0 radical (unpaired) electrons. The molecule has 6 aromatic rings. The van der Waals surface area contributed by atoms with E-state index in [0.29, 0.717) is 117 Å². The SMILES string of the molecule is CCOP(=O)(CCCOC(=O)C1CCN(CC[C@H](CSc2ccccc2)Nc2ccc(S(=O)(=O)Nc3ccc(N4CCN(c5cc(F)cc(-c6c(S(C)(=O)=O)c(C)n(C(C)C)c6-c6ccc(CI)cc6)c5)CC4)cc3)cc2S(=O)(=O)C(F)(F)F)CC1)OCC. The van der Waals surface area contributed by atoms with Gasteiger partial charge < -0.3 is 38.4 Å². The van der Waals surface area contributed by atoms with Gasteiger partial charge in [0.25, 0.3) is 19.9 Å². The molecule has 0 bridgehead atoms. The summed E-state index contributed by atoms with van der Waals surface area (Å²) in [5.41, 5.74) is -0.904. The Morgan fingerprint density at radius 2 is 1.43 bits per heavy atom. The van der Waals surface area contributed by atoms with Gasteiger partial charge in [-0.1, -0.05) is 65.1 Å². The Hall–Kier alpha value is -5.19. The maximum absolute atomic E-state index is 15.9. The van der Waals surface area contributed by atoms with Crippen LogP contribution >= 0.6 is 41.9 Å². The van der Waals surface area contributed by atoms with Crippen LogP contribution in [-0.2, 0) is 57.3 Å².